The molecule has 3 N–H and O–H groups in total. The largest absolute Gasteiger partial charge is 0.383 e. The molecular formula is C16H26N6OS2. The Morgan fingerprint density at radius 2 is 2.32 bits per heavy atom. The van der Waals surface area contributed by atoms with Crippen LogP contribution in [-0.4, -0.2) is 51.2 Å². The molecule has 138 valence electrons. The topological polar surface area (TPSA) is 87.4 Å². The molecule has 0 aromatic carbocycles. The minimum Gasteiger partial charge on any atom is -0.383 e. The average Bonchev–Trinajstić information content (AvgIpc) is 3.24. The van der Waals surface area contributed by atoms with Crippen molar-refractivity contribution in [1.29, 1.82) is 0 Å². The summed E-state index contributed by atoms with van der Waals surface area (Å²) in [6, 6.07) is 0. The number of aliphatic imine (C=N–C) groups is 1. The highest BCUT2D eigenvalue weighted by Gasteiger charge is 2.24. The van der Waals surface area contributed by atoms with E-state index in [9.17, 15) is 5.11 Å². The molecule has 0 saturated carbocycles. The lowest BCUT2D eigenvalue weighted by Gasteiger charge is -2.20. The van der Waals surface area contributed by atoms with Crippen molar-refractivity contribution < 1.29 is 5.11 Å². The zero-order valence-electron chi connectivity index (χ0n) is 14.9. The molecule has 7 nitrogen and oxygen atoms in total. The highest BCUT2D eigenvalue weighted by atomic mass is 32.2. The molecular weight excluding hydrogens is 356 g/mol. The van der Waals surface area contributed by atoms with Gasteiger partial charge in [0.25, 0.3) is 0 Å². The van der Waals surface area contributed by atoms with Gasteiger partial charge in [0.2, 0.25) is 0 Å². The lowest BCUT2D eigenvalue weighted by Crippen LogP contribution is -2.39. The first-order chi connectivity index (χ1) is 12.0. The van der Waals surface area contributed by atoms with Crippen molar-refractivity contribution in [2.75, 3.05) is 25.4 Å². The third kappa shape index (κ3) is 6.68. The molecule has 0 aliphatic carbocycles. The van der Waals surface area contributed by atoms with E-state index in [1.54, 1.807) is 40.9 Å². The predicted octanol–water partition coefficient (Wildman–Crippen LogP) is 1.82. The second-order valence-corrected chi connectivity index (χ2v) is 8.04. The van der Waals surface area contributed by atoms with Crippen LogP contribution in [0.3, 0.4) is 0 Å². The number of aliphatic hydroxyl groups is 1. The maximum atomic E-state index is 10.6. The first kappa shape index (κ1) is 19.7. The Morgan fingerprint density at radius 1 is 1.48 bits per heavy atom. The highest BCUT2D eigenvalue weighted by Crippen LogP contribution is 2.21. The van der Waals surface area contributed by atoms with Crippen LogP contribution in [0.25, 0.3) is 0 Å². The Bertz CT molecular complexity index is 653. The van der Waals surface area contributed by atoms with Crippen molar-refractivity contribution in [3.8, 4) is 0 Å². The molecule has 1 atom stereocenters. The summed E-state index contributed by atoms with van der Waals surface area (Å²) in [5, 5.41) is 23.2. The zero-order chi connectivity index (χ0) is 18.1. The van der Waals surface area contributed by atoms with Crippen molar-refractivity contribution in [1.82, 2.24) is 25.4 Å². The van der Waals surface area contributed by atoms with Crippen molar-refractivity contribution in [2.24, 2.45) is 12.0 Å². The summed E-state index contributed by atoms with van der Waals surface area (Å²) in [7, 11) is 1.83. The standard InChI is InChI=1S/C16H26N6OS2/c1-4-17-14(18-6-5-8-24-15-19-7-9-25-15)20-12-16(2,23)13-10-21-22(3)11-13/h7,9-11,23H,4-6,8,12H2,1-3H3,(H2,17,18,20). The molecule has 0 amide bonds. The van der Waals surface area contributed by atoms with Gasteiger partial charge in [0.05, 0.1) is 12.7 Å². The van der Waals surface area contributed by atoms with E-state index in [-0.39, 0.29) is 6.54 Å². The van der Waals surface area contributed by atoms with Crippen molar-refractivity contribution in [3.63, 3.8) is 0 Å². The minimum atomic E-state index is -1.04. The molecule has 0 saturated heterocycles. The summed E-state index contributed by atoms with van der Waals surface area (Å²) >= 11 is 3.43. The van der Waals surface area contributed by atoms with Crippen LogP contribution in [0, 0.1) is 0 Å². The summed E-state index contributed by atoms with van der Waals surface area (Å²) < 4.78 is 2.78. The maximum absolute atomic E-state index is 10.6. The lowest BCUT2D eigenvalue weighted by molar-refractivity contribution is 0.0672. The molecule has 1 unspecified atom stereocenters. The Kier molecular flexibility index (Phi) is 7.73. The fourth-order valence-electron chi connectivity index (χ4n) is 2.09. The van der Waals surface area contributed by atoms with Crippen LogP contribution < -0.4 is 10.6 Å². The fourth-order valence-corrected chi connectivity index (χ4v) is 3.73. The van der Waals surface area contributed by atoms with E-state index in [0.717, 1.165) is 35.2 Å². The number of nitrogens with zero attached hydrogens (tertiary/aromatic N) is 4. The molecule has 2 aromatic heterocycles. The number of aromatic nitrogens is 3. The number of aryl methyl sites for hydroxylation is 1. The van der Waals surface area contributed by atoms with E-state index in [0.29, 0.717) is 5.96 Å². The summed E-state index contributed by atoms with van der Waals surface area (Å²) in [4.78, 5) is 8.76. The number of hydrogen-bond acceptors (Lipinski definition) is 6. The van der Waals surface area contributed by atoms with Gasteiger partial charge in [-0.1, -0.05) is 11.8 Å². The first-order valence-electron chi connectivity index (χ1n) is 8.27. The highest BCUT2D eigenvalue weighted by molar-refractivity contribution is 8.00. The lowest BCUT2D eigenvalue weighted by atomic mass is 10.0. The van der Waals surface area contributed by atoms with Crippen LogP contribution >= 0.6 is 23.1 Å². The summed E-state index contributed by atoms with van der Waals surface area (Å²) in [5.74, 6) is 1.72. The van der Waals surface area contributed by atoms with Gasteiger partial charge < -0.3 is 15.7 Å². The minimum absolute atomic E-state index is 0.266. The van der Waals surface area contributed by atoms with E-state index in [1.165, 1.54) is 0 Å². The second kappa shape index (κ2) is 9.79. The van der Waals surface area contributed by atoms with Gasteiger partial charge in [-0.05, 0) is 20.3 Å². The van der Waals surface area contributed by atoms with E-state index >= 15 is 0 Å². The van der Waals surface area contributed by atoms with E-state index in [1.807, 2.05) is 31.7 Å². The van der Waals surface area contributed by atoms with Gasteiger partial charge in [-0.2, -0.15) is 5.10 Å². The smallest absolute Gasteiger partial charge is 0.191 e. The Labute approximate surface area is 157 Å². The molecule has 0 aliphatic heterocycles. The second-order valence-electron chi connectivity index (χ2n) is 5.80. The quantitative estimate of drug-likeness (QED) is 0.265. The van der Waals surface area contributed by atoms with Crippen molar-refractivity contribution in [3.05, 3.63) is 29.5 Å². The third-order valence-electron chi connectivity index (χ3n) is 3.46. The Morgan fingerprint density at radius 3 is 2.96 bits per heavy atom. The predicted molar refractivity (Wildman–Crippen MR) is 104 cm³/mol. The molecule has 0 fully saturated rings. The zero-order valence-corrected chi connectivity index (χ0v) is 16.5. The summed E-state index contributed by atoms with van der Waals surface area (Å²) in [5.41, 5.74) is -0.286. The fraction of sp³-hybridized carbons (Fsp3) is 0.562. The Balaban J connectivity index is 1.79. The van der Waals surface area contributed by atoms with Gasteiger partial charge in [-0.25, -0.2) is 9.98 Å². The first-order valence-corrected chi connectivity index (χ1v) is 10.1. The average molecular weight is 383 g/mol. The van der Waals surface area contributed by atoms with Gasteiger partial charge in [0.15, 0.2) is 5.96 Å². The maximum Gasteiger partial charge on any atom is 0.191 e. The van der Waals surface area contributed by atoms with Gasteiger partial charge in [-0.15, -0.1) is 11.3 Å². The van der Waals surface area contributed by atoms with Crippen LogP contribution in [0.4, 0.5) is 0 Å². The van der Waals surface area contributed by atoms with Crippen molar-refractivity contribution in [2.45, 2.75) is 30.2 Å². The number of thiazole rings is 1. The van der Waals surface area contributed by atoms with Gasteiger partial charge >= 0.3 is 0 Å². The monoisotopic (exact) mass is 382 g/mol. The van der Waals surface area contributed by atoms with Gasteiger partial charge in [-0.3, -0.25) is 4.68 Å². The number of hydrogen-bond donors (Lipinski definition) is 3. The van der Waals surface area contributed by atoms with Crippen LogP contribution in [0.2, 0.25) is 0 Å². The number of guanidine groups is 1. The normalized spacial score (nSPS) is 14.3. The number of thioether (sulfide) groups is 1. The van der Waals surface area contributed by atoms with Crippen molar-refractivity contribution >= 4 is 29.1 Å². The summed E-state index contributed by atoms with van der Waals surface area (Å²) in [6.45, 7) is 5.63. The SMILES string of the molecule is CCNC(=NCC(C)(O)c1cnn(C)c1)NCCCSc1nccs1. The van der Waals surface area contributed by atoms with Gasteiger partial charge in [0, 0.05) is 49.2 Å². The molecule has 0 bridgehead atoms. The number of nitrogens with one attached hydrogen (secondary N) is 2. The van der Waals surface area contributed by atoms with E-state index < -0.39 is 5.60 Å². The molecule has 9 heteroatoms. The molecule has 25 heavy (non-hydrogen) atoms. The molecule has 2 heterocycles. The van der Waals surface area contributed by atoms with Crippen LogP contribution in [0.1, 0.15) is 25.8 Å². The summed E-state index contributed by atoms with van der Waals surface area (Å²) in [6.07, 6.45) is 6.32. The molecule has 2 aromatic rings. The van der Waals surface area contributed by atoms with E-state index in [4.69, 9.17) is 0 Å². The van der Waals surface area contributed by atoms with Crippen LogP contribution in [0.15, 0.2) is 33.3 Å². The molecule has 0 radical (unpaired) electrons. The molecule has 0 aliphatic rings. The third-order valence-corrected chi connectivity index (χ3v) is 5.52. The van der Waals surface area contributed by atoms with Crippen LogP contribution in [-0.2, 0) is 12.6 Å². The number of rotatable bonds is 9. The molecule has 2 rings (SSSR count). The van der Waals surface area contributed by atoms with Crippen LogP contribution in [0.5, 0.6) is 0 Å². The van der Waals surface area contributed by atoms with E-state index in [2.05, 4.69) is 25.7 Å². The van der Waals surface area contributed by atoms with Gasteiger partial charge in [0.1, 0.15) is 9.94 Å². The Hall–Kier alpha value is -1.58. The molecule has 0 spiro atoms.